The van der Waals surface area contributed by atoms with Crippen molar-refractivity contribution in [3.8, 4) is 0 Å². The minimum Gasteiger partial charge on any atom is -0.361 e. The van der Waals surface area contributed by atoms with E-state index in [9.17, 15) is 4.79 Å². The van der Waals surface area contributed by atoms with Crippen LogP contribution in [-0.4, -0.2) is 38.2 Å². The van der Waals surface area contributed by atoms with Crippen LogP contribution in [0.3, 0.4) is 0 Å². The number of pyridine rings is 1. The molecule has 0 aliphatic rings. The highest BCUT2D eigenvalue weighted by atomic mass is 16.1. The summed E-state index contributed by atoms with van der Waals surface area (Å²) in [6.07, 6.45) is 5.01. The first-order chi connectivity index (χ1) is 10.1. The van der Waals surface area contributed by atoms with Gasteiger partial charge in [0.05, 0.1) is 12.9 Å². The number of hydrogen-bond donors (Lipinski definition) is 0. The van der Waals surface area contributed by atoms with Crippen LogP contribution in [0.4, 0.5) is 5.82 Å². The Morgan fingerprint density at radius 3 is 2.76 bits per heavy atom. The zero-order valence-electron chi connectivity index (χ0n) is 12.2. The summed E-state index contributed by atoms with van der Waals surface area (Å²) in [4.78, 5) is 26.5. The van der Waals surface area contributed by atoms with Crippen molar-refractivity contribution in [1.82, 2.24) is 24.1 Å². The number of nitrogens with zero attached hydrogens (tertiary/aromatic N) is 6. The highest BCUT2D eigenvalue weighted by Gasteiger charge is 2.11. The number of anilines is 1. The van der Waals surface area contributed by atoms with Crippen LogP contribution in [0.1, 0.15) is 5.56 Å². The summed E-state index contributed by atoms with van der Waals surface area (Å²) in [7, 11) is 5.57. The van der Waals surface area contributed by atoms with E-state index in [1.165, 1.54) is 6.33 Å². The maximum atomic E-state index is 11.7. The van der Waals surface area contributed by atoms with E-state index < -0.39 is 0 Å². The molecular formula is C14H16N6O. The van der Waals surface area contributed by atoms with Crippen molar-refractivity contribution in [3.05, 3.63) is 46.9 Å². The highest BCUT2D eigenvalue weighted by Crippen LogP contribution is 2.19. The van der Waals surface area contributed by atoms with Gasteiger partial charge in [0.25, 0.3) is 5.56 Å². The van der Waals surface area contributed by atoms with Crippen molar-refractivity contribution in [2.45, 2.75) is 6.54 Å². The van der Waals surface area contributed by atoms with Gasteiger partial charge >= 0.3 is 0 Å². The average Bonchev–Trinajstić information content (AvgIpc) is 2.86. The van der Waals surface area contributed by atoms with Crippen molar-refractivity contribution in [1.29, 1.82) is 0 Å². The number of hydrogen-bond acceptors (Lipinski definition) is 5. The van der Waals surface area contributed by atoms with Crippen molar-refractivity contribution in [2.24, 2.45) is 7.05 Å². The van der Waals surface area contributed by atoms with Crippen LogP contribution in [0.2, 0.25) is 0 Å². The Kier molecular flexibility index (Phi) is 3.17. The molecule has 3 heterocycles. The second kappa shape index (κ2) is 5.01. The fraction of sp³-hybridized carbons (Fsp3) is 0.286. The Balaban J connectivity index is 2.03. The molecule has 0 radical (unpaired) electrons. The normalized spacial score (nSPS) is 11.0. The van der Waals surface area contributed by atoms with Gasteiger partial charge in [-0.25, -0.2) is 15.0 Å². The molecule has 3 aromatic rings. The van der Waals surface area contributed by atoms with Gasteiger partial charge in [-0.15, -0.1) is 0 Å². The third-order valence-corrected chi connectivity index (χ3v) is 3.33. The molecule has 108 valence electrons. The summed E-state index contributed by atoms with van der Waals surface area (Å²) < 4.78 is 3.46. The monoisotopic (exact) mass is 284 g/mol. The lowest BCUT2D eigenvalue weighted by molar-refractivity contribution is 0.791. The van der Waals surface area contributed by atoms with Gasteiger partial charge in [-0.3, -0.25) is 4.79 Å². The maximum Gasteiger partial charge on any atom is 0.250 e. The SMILES string of the molecule is CN(C)c1ncnc2c1ncn2Cc1ccn(C)c(=O)c1. The Morgan fingerprint density at radius 1 is 1.24 bits per heavy atom. The van der Waals surface area contributed by atoms with Gasteiger partial charge in [-0.1, -0.05) is 0 Å². The van der Waals surface area contributed by atoms with Crippen molar-refractivity contribution in [3.63, 3.8) is 0 Å². The molecule has 3 aromatic heterocycles. The first-order valence-electron chi connectivity index (χ1n) is 6.55. The largest absolute Gasteiger partial charge is 0.361 e. The minimum atomic E-state index is -0.0273. The van der Waals surface area contributed by atoms with Gasteiger partial charge in [0.2, 0.25) is 0 Å². The first kappa shape index (κ1) is 13.3. The number of aryl methyl sites for hydroxylation is 1. The zero-order valence-corrected chi connectivity index (χ0v) is 12.2. The molecule has 0 aliphatic heterocycles. The first-order valence-corrected chi connectivity index (χ1v) is 6.55. The number of fused-ring (bicyclic) bond motifs is 1. The molecule has 0 bridgehead atoms. The second-order valence-electron chi connectivity index (χ2n) is 5.12. The van der Waals surface area contributed by atoms with E-state index in [1.54, 1.807) is 30.2 Å². The number of imidazole rings is 1. The second-order valence-corrected chi connectivity index (χ2v) is 5.12. The standard InChI is InChI=1S/C14H16N6O/c1-18(2)13-12-14(16-8-15-13)20(9-17-12)7-10-4-5-19(3)11(21)6-10/h4-6,8-9H,7H2,1-3H3. The summed E-state index contributed by atoms with van der Waals surface area (Å²) in [6.45, 7) is 0.552. The van der Waals surface area contributed by atoms with Crippen LogP contribution >= 0.6 is 0 Å². The molecule has 0 saturated carbocycles. The van der Waals surface area contributed by atoms with Gasteiger partial charge in [-0.2, -0.15) is 0 Å². The Hall–Kier alpha value is -2.70. The molecule has 0 N–H and O–H groups in total. The van der Waals surface area contributed by atoms with Crippen molar-refractivity contribution in [2.75, 3.05) is 19.0 Å². The fourth-order valence-corrected chi connectivity index (χ4v) is 2.20. The van der Waals surface area contributed by atoms with Crippen LogP contribution < -0.4 is 10.5 Å². The molecule has 0 spiro atoms. The molecule has 0 amide bonds. The summed E-state index contributed by atoms with van der Waals surface area (Å²) in [5.41, 5.74) is 2.41. The topological polar surface area (TPSA) is 68.8 Å². The van der Waals surface area contributed by atoms with E-state index in [0.29, 0.717) is 6.54 Å². The minimum absolute atomic E-state index is 0.0273. The van der Waals surface area contributed by atoms with E-state index in [-0.39, 0.29) is 5.56 Å². The predicted molar refractivity (Wildman–Crippen MR) is 80.4 cm³/mol. The third-order valence-electron chi connectivity index (χ3n) is 3.33. The molecule has 7 heteroatoms. The Bertz CT molecular complexity index is 848. The third kappa shape index (κ3) is 2.37. The molecule has 0 unspecified atom stereocenters. The van der Waals surface area contributed by atoms with Gasteiger partial charge in [0.1, 0.15) is 6.33 Å². The average molecular weight is 284 g/mol. The molecular weight excluding hydrogens is 268 g/mol. The lowest BCUT2D eigenvalue weighted by atomic mass is 10.2. The smallest absolute Gasteiger partial charge is 0.250 e. The summed E-state index contributed by atoms with van der Waals surface area (Å²) in [5, 5.41) is 0. The van der Waals surface area contributed by atoms with E-state index in [2.05, 4.69) is 15.0 Å². The summed E-state index contributed by atoms with van der Waals surface area (Å²) in [5.74, 6) is 0.780. The summed E-state index contributed by atoms with van der Waals surface area (Å²) >= 11 is 0. The quantitative estimate of drug-likeness (QED) is 0.706. The molecule has 0 atom stereocenters. The zero-order chi connectivity index (χ0) is 15.0. The molecule has 0 aromatic carbocycles. The number of rotatable bonds is 3. The van der Waals surface area contributed by atoms with Crippen LogP contribution in [-0.2, 0) is 13.6 Å². The van der Waals surface area contributed by atoms with E-state index in [0.717, 1.165) is 22.5 Å². The summed E-state index contributed by atoms with van der Waals surface area (Å²) in [6, 6.07) is 3.54. The molecule has 3 rings (SSSR count). The van der Waals surface area contributed by atoms with Gasteiger partial charge < -0.3 is 14.0 Å². The molecule has 7 nitrogen and oxygen atoms in total. The van der Waals surface area contributed by atoms with Crippen molar-refractivity contribution >= 4 is 17.0 Å². The van der Waals surface area contributed by atoms with Crippen LogP contribution in [0.5, 0.6) is 0 Å². The van der Waals surface area contributed by atoms with E-state index in [1.807, 2.05) is 29.6 Å². The lowest BCUT2D eigenvalue weighted by Crippen LogP contribution is -2.16. The number of aromatic nitrogens is 5. The van der Waals surface area contributed by atoms with E-state index in [4.69, 9.17) is 0 Å². The van der Waals surface area contributed by atoms with Crippen LogP contribution in [0.15, 0.2) is 35.8 Å². The molecule has 21 heavy (non-hydrogen) atoms. The van der Waals surface area contributed by atoms with Gasteiger partial charge in [0, 0.05) is 33.4 Å². The van der Waals surface area contributed by atoms with Crippen LogP contribution in [0.25, 0.3) is 11.2 Å². The molecule has 0 aliphatic carbocycles. The Labute approximate surface area is 121 Å². The molecule has 0 saturated heterocycles. The van der Waals surface area contributed by atoms with Crippen molar-refractivity contribution < 1.29 is 0 Å². The van der Waals surface area contributed by atoms with Crippen LogP contribution in [0, 0.1) is 0 Å². The lowest BCUT2D eigenvalue weighted by Gasteiger charge is -2.11. The fourth-order valence-electron chi connectivity index (χ4n) is 2.20. The van der Waals surface area contributed by atoms with E-state index >= 15 is 0 Å². The van der Waals surface area contributed by atoms with Gasteiger partial charge in [0.15, 0.2) is 17.0 Å². The molecule has 0 fully saturated rings. The van der Waals surface area contributed by atoms with Gasteiger partial charge in [-0.05, 0) is 11.6 Å². The highest BCUT2D eigenvalue weighted by molar-refractivity contribution is 5.83. The Morgan fingerprint density at radius 2 is 2.05 bits per heavy atom. The maximum absolute atomic E-state index is 11.7. The predicted octanol–water partition coefficient (Wildman–Crippen LogP) is 0.639.